The Balaban J connectivity index is 0.000000773. The second kappa shape index (κ2) is 61.0. The van der Waals surface area contributed by atoms with E-state index >= 15 is 0 Å². The molecule has 0 bridgehead atoms. The minimum atomic E-state index is -1.02. The summed E-state index contributed by atoms with van der Waals surface area (Å²) in [7, 11) is 2.70. The van der Waals surface area contributed by atoms with Gasteiger partial charge in [-0.2, -0.15) is 0 Å². The minimum absolute atomic E-state index is 0. The Morgan fingerprint density at radius 2 is 0.725 bits per heavy atom. The van der Waals surface area contributed by atoms with Gasteiger partial charge >= 0.3 is 65.5 Å². The second-order valence-electron chi connectivity index (χ2n) is 30.1. The van der Waals surface area contributed by atoms with Gasteiger partial charge in [0.25, 0.3) is 0 Å². The van der Waals surface area contributed by atoms with Crippen molar-refractivity contribution in [2.75, 3.05) is 26.1 Å². The summed E-state index contributed by atoms with van der Waals surface area (Å²) < 4.78 is 19.3. The van der Waals surface area contributed by atoms with E-state index in [1.54, 1.807) is 27.7 Å². The fraction of sp³-hybridized carbons (Fsp3) is 0.452. The number of aliphatic carboxylic acids is 2. The van der Waals surface area contributed by atoms with Crippen LogP contribution in [0.2, 0.25) is 0 Å². The van der Waals surface area contributed by atoms with E-state index in [0.29, 0.717) is 50.5 Å². The first kappa shape index (κ1) is 108. The molecule has 6 aromatic carbocycles. The number of hydrogen-bond acceptors (Lipinski definition) is 20. The number of anilines is 1. The van der Waals surface area contributed by atoms with E-state index < -0.39 is 71.6 Å². The van der Waals surface area contributed by atoms with Crippen LogP contribution in [0.25, 0.3) is 0 Å². The smallest absolute Gasteiger partial charge is 0.870 e. The minimum Gasteiger partial charge on any atom is -0.870 e. The standard InChI is InChI=1S/C27H35NO4.C26H33NO4.C19H21NO3.C14H22N4O4.C7H15NO2.Na.H2O/c1-4-5-16-23(27(31)32-3)19-25(29)24(18-22-14-10-7-11-15-22)28-26(30)20(2)17-21-12-8-6-9-13-21;1-3-4-15-22(26(30)31)18-24(28)23(17-21-13-9-6-10-14-21)27-25(29)19(2)16-20-11-7-5-8-12-20;1-14(12-15-8-4-2-5-9-15)18(21)20-17(19(22)23)13-16-10-6-3-7-11-16;1-5-21-11(19)10(15)6-9-7-16-12(17-8-9)18-13(20)22-14(2,3)4;1-3-4-5-6(8)7(9)10-2;;/h6-15,20,23-24H,4-5,16-19H2,1-3H3,(H,28,30);5-14,19,22-23H,3-4,15-18H2,1-2H3,(H,27,29)(H,30,31);2-11,14,17H,12-13H2,1H3,(H,20,21)(H,22,23);7-8,10H,5-6,15H2,1-4H3,(H,16,17,18,20);6H,3-5,8H2,1-2H3;;1H2/q;;;;;+1;/p-1/t20-,23+,24-;19-,22+,23-;14-,17-;10-;6-;;/m11111../s1. The van der Waals surface area contributed by atoms with Crippen LogP contribution in [0, 0.1) is 29.6 Å². The van der Waals surface area contributed by atoms with Gasteiger partial charge in [0.15, 0.2) is 11.6 Å². The molecular weight excluding hydrogens is 1540 g/mol. The predicted molar refractivity (Wildman–Crippen MR) is 458 cm³/mol. The summed E-state index contributed by atoms with van der Waals surface area (Å²) >= 11 is 0. The molecule has 0 aliphatic rings. The molecule has 27 heteroatoms. The van der Waals surface area contributed by atoms with Gasteiger partial charge in [0.05, 0.1) is 44.7 Å². The number of nitrogens with zero attached hydrogens (tertiary/aromatic N) is 2. The van der Waals surface area contributed by atoms with Crippen LogP contribution in [0.3, 0.4) is 0 Å². The van der Waals surface area contributed by atoms with Gasteiger partial charge in [0.1, 0.15) is 23.7 Å². The molecule has 10 atom stereocenters. The number of methoxy groups -OCH3 is 2. The van der Waals surface area contributed by atoms with Gasteiger partial charge in [-0.1, -0.05) is 262 Å². The van der Waals surface area contributed by atoms with Crippen LogP contribution in [0.4, 0.5) is 10.7 Å². The van der Waals surface area contributed by atoms with E-state index in [0.717, 1.165) is 78.3 Å². The summed E-state index contributed by atoms with van der Waals surface area (Å²) in [6, 6.07) is 54.1. The number of carboxylic acids is 2. The maximum Gasteiger partial charge on any atom is 1.00 e. The number of ether oxygens (including phenoxy) is 4. The molecule has 0 saturated heterocycles. The average molecular weight is 1670 g/mol. The average Bonchev–Trinajstić information content (AvgIpc) is 0.869. The number of esters is 3. The Bertz CT molecular complexity index is 4100. The second-order valence-corrected chi connectivity index (χ2v) is 30.1. The van der Waals surface area contributed by atoms with Crippen LogP contribution >= 0.6 is 0 Å². The van der Waals surface area contributed by atoms with Crippen LogP contribution in [-0.4, -0.2) is 148 Å². The van der Waals surface area contributed by atoms with E-state index in [2.05, 4.69) is 42.9 Å². The van der Waals surface area contributed by atoms with Crippen LogP contribution < -0.4 is 62.3 Å². The van der Waals surface area contributed by atoms with Crippen LogP contribution in [0.5, 0.6) is 0 Å². The number of aromatic nitrogens is 2. The van der Waals surface area contributed by atoms with E-state index in [1.165, 1.54) is 26.6 Å². The first-order valence-corrected chi connectivity index (χ1v) is 40.6. The Kier molecular flexibility index (Phi) is 54.7. The number of nitrogens with one attached hydrogen (secondary N) is 4. The Morgan fingerprint density at radius 1 is 0.408 bits per heavy atom. The Morgan fingerprint density at radius 3 is 1.04 bits per heavy atom. The van der Waals surface area contributed by atoms with E-state index in [-0.39, 0.29) is 132 Å². The van der Waals surface area contributed by atoms with Gasteiger partial charge in [0.2, 0.25) is 23.7 Å². The number of nitrogens with two attached hydrogens (primary N) is 2. The SMILES string of the molecule is CCCC[C@@H](CC(=O)[C@@H](Cc1ccccc1)NC(=O)[C@H](C)Cc1ccccc1)C(=O)O.CCCC[C@@H](CC(=O)[C@@H](Cc1ccccc1)NC(=O)[C@H](C)Cc1ccccc1)C(=O)OC.CCCC[C@@H](N)C(=O)OC.CCOC(=O)[C@H](N)Cc1cnc(NC(=O)OC(C)(C)C)nc1.C[C@H](Cc1ccccc1)C(=O)N[C@H](Cc1ccccc1)C(=O)O.[Na+].[OH-]. The molecule has 0 spiro atoms. The topological polar surface area (TPSA) is 421 Å². The molecule has 0 radical (unpaired) electrons. The molecule has 0 aliphatic heterocycles. The third-order valence-electron chi connectivity index (χ3n) is 18.7. The predicted octanol–water partition coefficient (Wildman–Crippen LogP) is 10.4. The summed E-state index contributed by atoms with van der Waals surface area (Å²) in [5.74, 6) is -6.04. The molecule has 0 aliphatic carbocycles. The van der Waals surface area contributed by atoms with Crippen molar-refractivity contribution in [3.63, 3.8) is 0 Å². The van der Waals surface area contributed by atoms with Crippen LogP contribution in [-0.2, 0) is 112 Å². The quantitative estimate of drug-likeness (QED) is 0.0100. The molecule has 0 saturated carbocycles. The van der Waals surface area contributed by atoms with Gasteiger partial charge in [-0.3, -0.25) is 48.5 Å². The molecule has 648 valence electrons. The normalized spacial score (nSPS) is 13.0. The van der Waals surface area contributed by atoms with Gasteiger partial charge < -0.3 is 62.1 Å². The van der Waals surface area contributed by atoms with Crippen LogP contribution in [0.15, 0.2) is 194 Å². The van der Waals surface area contributed by atoms with E-state index in [4.69, 9.17) is 25.7 Å². The Hall–Kier alpha value is -10.4. The van der Waals surface area contributed by atoms with E-state index in [9.17, 15) is 63.0 Å². The van der Waals surface area contributed by atoms with Crippen molar-refractivity contribution in [3.05, 3.63) is 233 Å². The number of carbonyl (C=O) groups excluding carboxylic acids is 9. The first-order chi connectivity index (χ1) is 56.3. The largest absolute Gasteiger partial charge is 1.00 e. The summed E-state index contributed by atoms with van der Waals surface area (Å²) in [5, 5.41) is 29.8. The van der Waals surface area contributed by atoms with Gasteiger partial charge in [0, 0.05) is 55.8 Å². The monoisotopic (exact) mass is 1670 g/mol. The first-order valence-electron chi connectivity index (χ1n) is 40.6. The molecule has 11 N–H and O–H groups in total. The van der Waals surface area contributed by atoms with Crippen molar-refractivity contribution >= 4 is 71.2 Å². The molecule has 7 aromatic rings. The van der Waals surface area contributed by atoms with Crippen molar-refractivity contribution in [2.24, 2.45) is 41.1 Å². The molecule has 1 heterocycles. The molecular formula is C93H127N8NaO18. The number of hydrogen-bond donors (Lipinski definition) is 8. The van der Waals surface area contributed by atoms with Gasteiger partial charge in [-0.15, -0.1) is 0 Å². The van der Waals surface area contributed by atoms with Gasteiger partial charge in [-0.25, -0.2) is 19.6 Å². The van der Waals surface area contributed by atoms with Crippen molar-refractivity contribution in [1.29, 1.82) is 0 Å². The molecule has 0 fully saturated rings. The molecule has 120 heavy (non-hydrogen) atoms. The third-order valence-corrected chi connectivity index (χ3v) is 18.7. The fourth-order valence-electron chi connectivity index (χ4n) is 12.0. The third kappa shape index (κ3) is 45.7. The van der Waals surface area contributed by atoms with E-state index in [1.807, 2.05) is 217 Å². The summed E-state index contributed by atoms with van der Waals surface area (Å²) in [6.07, 6.45) is 12.6. The number of amides is 4. The number of carboxylic acid groups (broad SMARTS) is 2. The van der Waals surface area contributed by atoms with Crippen molar-refractivity contribution in [3.8, 4) is 0 Å². The maximum absolute atomic E-state index is 13.2. The number of rotatable bonds is 42. The van der Waals surface area contributed by atoms with Crippen molar-refractivity contribution in [1.82, 2.24) is 25.9 Å². The maximum atomic E-state index is 13.2. The van der Waals surface area contributed by atoms with Crippen molar-refractivity contribution in [2.45, 2.75) is 221 Å². The fourth-order valence-corrected chi connectivity index (χ4v) is 12.0. The van der Waals surface area contributed by atoms with Crippen molar-refractivity contribution < 1.29 is 117 Å². The number of ketones is 2. The van der Waals surface area contributed by atoms with Crippen LogP contribution in [0.1, 0.15) is 179 Å². The summed E-state index contributed by atoms with van der Waals surface area (Å²) in [4.78, 5) is 141. The Labute approximate surface area is 730 Å². The number of benzene rings is 6. The summed E-state index contributed by atoms with van der Waals surface area (Å²) in [6.45, 7) is 18.9. The molecule has 0 unspecified atom stereocenters. The zero-order valence-electron chi connectivity index (χ0n) is 72.2. The zero-order valence-corrected chi connectivity index (χ0v) is 74.2. The summed E-state index contributed by atoms with van der Waals surface area (Å²) in [5.41, 5.74) is 17.2. The molecule has 26 nitrogen and oxygen atoms in total. The number of unbranched alkanes of at least 4 members (excludes halogenated alkanes) is 3. The zero-order chi connectivity index (χ0) is 87.4. The molecule has 1 aromatic heterocycles. The number of carbonyl (C=O) groups is 11. The van der Waals surface area contributed by atoms with Gasteiger partial charge in [-0.05, 0) is 118 Å². The molecule has 7 rings (SSSR count). The number of Topliss-reactive ketones (excluding diaryl/α,β-unsaturated/α-hetero) is 2. The molecule has 4 amide bonds.